The van der Waals surface area contributed by atoms with Crippen molar-refractivity contribution >= 4 is 24.5 Å². The van der Waals surface area contributed by atoms with Crippen molar-refractivity contribution < 1.29 is 8.85 Å². The van der Waals surface area contributed by atoms with Gasteiger partial charge in [-0.25, -0.2) is 0 Å². The SMILES string of the molecule is CC(C)O[Si](CBr)(OC(C)C)C(C)(C)C. The highest BCUT2D eigenvalue weighted by atomic mass is 79.9. The molecule has 0 heterocycles. The predicted molar refractivity (Wildman–Crippen MR) is 71.7 cm³/mol. The minimum atomic E-state index is -2.18. The Morgan fingerprint density at radius 3 is 1.47 bits per heavy atom. The van der Waals surface area contributed by atoms with Gasteiger partial charge in [0.2, 0.25) is 0 Å². The molecule has 0 aromatic carbocycles. The molecule has 0 aromatic rings. The molecule has 0 saturated carbocycles. The Labute approximate surface area is 104 Å². The van der Waals surface area contributed by atoms with Crippen molar-refractivity contribution in [2.45, 2.75) is 65.7 Å². The van der Waals surface area contributed by atoms with Crippen LogP contribution >= 0.6 is 15.9 Å². The van der Waals surface area contributed by atoms with E-state index in [-0.39, 0.29) is 17.2 Å². The zero-order chi connectivity index (χ0) is 12.3. The number of hydrogen-bond acceptors (Lipinski definition) is 2. The molecule has 2 nitrogen and oxygen atoms in total. The van der Waals surface area contributed by atoms with Gasteiger partial charge in [0.25, 0.3) is 0 Å². The van der Waals surface area contributed by atoms with E-state index in [1.54, 1.807) is 0 Å². The van der Waals surface area contributed by atoms with Crippen LogP contribution in [0.25, 0.3) is 0 Å². The lowest BCUT2D eigenvalue weighted by atomic mass is 10.2. The van der Waals surface area contributed by atoms with Crippen molar-refractivity contribution in [3.63, 3.8) is 0 Å². The Morgan fingerprint density at radius 1 is 1.00 bits per heavy atom. The largest absolute Gasteiger partial charge is 0.391 e. The van der Waals surface area contributed by atoms with Gasteiger partial charge >= 0.3 is 8.56 Å². The number of alkyl halides is 1. The van der Waals surface area contributed by atoms with Crippen molar-refractivity contribution in [2.75, 3.05) is 4.95 Å². The van der Waals surface area contributed by atoms with E-state index < -0.39 is 8.56 Å². The second-order valence-corrected chi connectivity index (χ2v) is 10.9. The highest BCUT2D eigenvalue weighted by molar-refractivity contribution is 9.09. The fraction of sp³-hybridized carbons (Fsp3) is 1.00. The fourth-order valence-corrected chi connectivity index (χ4v) is 7.54. The van der Waals surface area contributed by atoms with Gasteiger partial charge < -0.3 is 8.85 Å². The molecule has 4 heteroatoms. The summed E-state index contributed by atoms with van der Waals surface area (Å²) in [6.07, 6.45) is 0.430. The number of rotatable bonds is 5. The Kier molecular flexibility index (Phi) is 6.04. The van der Waals surface area contributed by atoms with Crippen molar-refractivity contribution in [1.29, 1.82) is 0 Å². The lowest BCUT2D eigenvalue weighted by molar-refractivity contribution is 0.0929. The first-order chi connectivity index (χ1) is 6.64. The van der Waals surface area contributed by atoms with Gasteiger partial charge in [0.1, 0.15) is 0 Å². The van der Waals surface area contributed by atoms with Crippen LogP contribution < -0.4 is 0 Å². The number of hydrogen-bond donors (Lipinski definition) is 0. The Bertz CT molecular complexity index is 178. The van der Waals surface area contributed by atoms with E-state index in [0.29, 0.717) is 0 Å². The molecule has 0 unspecified atom stereocenters. The summed E-state index contributed by atoms with van der Waals surface area (Å²) in [6.45, 7) is 14.9. The Morgan fingerprint density at radius 2 is 1.33 bits per heavy atom. The summed E-state index contributed by atoms with van der Waals surface area (Å²) in [5.74, 6) is 0. The van der Waals surface area contributed by atoms with Crippen LogP contribution in [0.4, 0.5) is 0 Å². The first kappa shape index (κ1) is 15.6. The summed E-state index contributed by atoms with van der Waals surface area (Å²) in [5, 5.41) is 0.0744. The summed E-state index contributed by atoms with van der Waals surface area (Å²) in [4.78, 5) is 0.819. The molecule has 0 spiro atoms. The van der Waals surface area contributed by atoms with Crippen LogP contribution in [0.5, 0.6) is 0 Å². The van der Waals surface area contributed by atoms with Crippen LogP contribution in [0.2, 0.25) is 5.04 Å². The lowest BCUT2D eigenvalue weighted by Gasteiger charge is -2.42. The first-order valence-electron chi connectivity index (χ1n) is 5.56. The van der Waals surface area contributed by atoms with Crippen molar-refractivity contribution in [3.05, 3.63) is 0 Å². The summed E-state index contributed by atoms with van der Waals surface area (Å²) in [5.41, 5.74) is 0. The van der Waals surface area contributed by atoms with Gasteiger partial charge in [-0.05, 0) is 27.7 Å². The monoisotopic (exact) mass is 296 g/mol. The average Bonchev–Trinajstić information content (AvgIpc) is 1.98. The van der Waals surface area contributed by atoms with Gasteiger partial charge in [-0.2, -0.15) is 0 Å². The molecule has 0 saturated heterocycles. The van der Waals surface area contributed by atoms with E-state index in [2.05, 4.69) is 64.4 Å². The molecule has 0 atom stereocenters. The van der Waals surface area contributed by atoms with E-state index in [9.17, 15) is 0 Å². The standard InChI is InChI=1S/C11H25BrO2Si/c1-9(2)13-15(8-12,11(5,6)7)14-10(3)4/h9-10H,8H2,1-7H3. The third-order valence-electron chi connectivity index (χ3n) is 2.17. The quantitative estimate of drug-likeness (QED) is 0.564. The average molecular weight is 297 g/mol. The van der Waals surface area contributed by atoms with E-state index in [1.165, 1.54) is 0 Å². The van der Waals surface area contributed by atoms with E-state index in [4.69, 9.17) is 8.85 Å². The van der Waals surface area contributed by atoms with Crippen molar-refractivity contribution in [2.24, 2.45) is 0 Å². The molecule has 0 N–H and O–H groups in total. The van der Waals surface area contributed by atoms with Crippen LogP contribution in [-0.2, 0) is 8.85 Å². The Balaban J connectivity index is 4.93. The first-order valence-corrected chi connectivity index (χ1v) is 8.70. The Hall–Kier alpha value is 0.617. The summed E-state index contributed by atoms with van der Waals surface area (Å²) < 4.78 is 12.3. The molecule has 0 fully saturated rings. The van der Waals surface area contributed by atoms with E-state index >= 15 is 0 Å². The van der Waals surface area contributed by atoms with Crippen LogP contribution in [0.1, 0.15) is 48.5 Å². The fourth-order valence-electron chi connectivity index (χ4n) is 1.41. The normalized spacial score (nSPS) is 14.0. The highest BCUT2D eigenvalue weighted by Gasteiger charge is 2.49. The van der Waals surface area contributed by atoms with Crippen LogP contribution in [0.15, 0.2) is 0 Å². The molecule has 0 aliphatic heterocycles. The number of halogens is 1. The van der Waals surface area contributed by atoms with Crippen molar-refractivity contribution in [1.82, 2.24) is 0 Å². The maximum atomic E-state index is 6.13. The third kappa shape index (κ3) is 4.55. The molecule has 0 bridgehead atoms. The second-order valence-electron chi connectivity index (χ2n) is 5.47. The van der Waals surface area contributed by atoms with Crippen molar-refractivity contribution in [3.8, 4) is 0 Å². The van der Waals surface area contributed by atoms with Gasteiger partial charge in [0.05, 0.1) is 0 Å². The van der Waals surface area contributed by atoms with Crippen LogP contribution in [0, 0.1) is 0 Å². The minimum Gasteiger partial charge on any atom is -0.391 e. The zero-order valence-electron chi connectivity index (χ0n) is 11.1. The van der Waals surface area contributed by atoms with Gasteiger partial charge in [-0.1, -0.05) is 36.7 Å². The smallest absolute Gasteiger partial charge is 0.355 e. The third-order valence-corrected chi connectivity index (χ3v) is 8.73. The van der Waals surface area contributed by atoms with Crippen LogP contribution in [0.3, 0.4) is 0 Å². The zero-order valence-corrected chi connectivity index (χ0v) is 13.6. The molecule has 0 rings (SSSR count). The molecular weight excluding hydrogens is 272 g/mol. The summed E-state index contributed by atoms with van der Waals surface area (Å²) >= 11 is 3.58. The maximum Gasteiger partial charge on any atom is 0.355 e. The van der Waals surface area contributed by atoms with E-state index in [1.807, 2.05) is 0 Å². The molecule has 0 aliphatic rings. The lowest BCUT2D eigenvalue weighted by Crippen LogP contribution is -2.55. The summed E-state index contributed by atoms with van der Waals surface area (Å²) in [6, 6.07) is 0. The summed E-state index contributed by atoms with van der Waals surface area (Å²) in [7, 11) is -2.18. The molecule has 92 valence electrons. The minimum absolute atomic E-state index is 0.0744. The molecule has 0 aromatic heterocycles. The molecular formula is C11H25BrO2Si. The molecule has 15 heavy (non-hydrogen) atoms. The maximum absolute atomic E-state index is 6.13. The van der Waals surface area contributed by atoms with E-state index in [0.717, 1.165) is 4.95 Å². The molecule has 0 radical (unpaired) electrons. The molecule has 0 aliphatic carbocycles. The van der Waals surface area contributed by atoms with Gasteiger partial charge in [0, 0.05) is 22.2 Å². The molecule has 0 amide bonds. The van der Waals surface area contributed by atoms with Gasteiger partial charge in [-0.15, -0.1) is 0 Å². The second kappa shape index (κ2) is 5.80. The van der Waals surface area contributed by atoms with Gasteiger partial charge in [-0.3, -0.25) is 0 Å². The predicted octanol–water partition coefficient (Wildman–Crippen LogP) is 4.01. The van der Waals surface area contributed by atoms with Crippen LogP contribution in [-0.4, -0.2) is 25.7 Å². The van der Waals surface area contributed by atoms with Gasteiger partial charge in [0.15, 0.2) is 0 Å². The highest BCUT2D eigenvalue weighted by Crippen LogP contribution is 2.40. The topological polar surface area (TPSA) is 18.5 Å².